The number of nitrogens with one attached hydrogen (secondary N) is 1. The minimum Gasteiger partial charge on any atom is -0.444 e. The Morgan fingerprint density at radius 3 is 2.33 bits per heavy atom. The highest BCUT2D eigenvalue weighted by Crippen LogP contribution is 2.35. The molecular weight excluding hydrogens is 596 g/mol. The van der Waals surface area contributed by atoms with Gasteiger partial charge in [0.15, 0.2) is 5.65 Å². The molecule has 0 spiro atoms. The number of pyridine rings is 2. The van der Waals surface area contributed by atoms with E-state index in [9.17, 15) is 4.79 Å². The molecule has 220 valence electrons. The second kappa shape index (κ2) is 11.9. The third kappa shape index (κ3) is 6.37. The van der Waals surface area contributed by atoms with Crippen molar-refractivity contribution in [3.8, 4) is 11.4 Å². The standard InChI is InChI=1S/C31H37BrN8O2/c1-31(2,3)42-30(41)40-17-15-38(16-18-40)24-8-6-23(7-9-24)28-35-26-27(25(32)20-34-29(26)36-28)39-13-11-37(12-14-39)21-22-5-4-10-33-19-22/h4-10,19-20H,11-18,21H2,1-3H3,(H,34,35,36). The molecule has 3 aromatic heterocycles. The van der Waals surface area contributed by atoms with Gasteiger partial charge in [-0.1, -0.05) is 6.07 Å². The number of aromatic nitrogens is 4. The summed E-state index contributed by atoms with van der Waals surface area (Å²) in [5.74, 6) is 0.799. The summed E-state index contributed by atoms with van der Waals surface area (Å²) >= 11 is 3.76. The molecule has 1 aromatic carbocycles. The predicted octanol–water partition coefficient (Wildman–Crippen LogP) is 5.16. The quantitative estimate of drug-likeness (QED) is 0.322. The molecule has 0 saturated carbocycles. The summed E-state index contributed by atoms with van der Waals surface area (Å²) in [6.07, 6.45) is 5.37. The van der Waals surface area contributed by atoms with Crippen molar-refractivity contribution in [2.24, 2.45) is 0 Å². The average molecular weight is 634 g/mol. The fourth-order valence-corrected chi connectivity index (χ4v) is 6.10. The zero-order valence-electron chi connectivity index (χ0n) is 24.4. The van der Waals surface area contributed by atoms with E-state index >= 15 is 0 Å². The Balaban J connectivity index is 1.12. The van der Waals surface area contributed by atoms with Gasteiger partial charge >= 0.3 is 6.09 Å². The van der Waals surface area contributed by atoms with Crippen LogP contribution < -0.4 is 9.80 Å². The van der Waals surface area contributed by atoms with Crippen LogP contribution in [0.3, 0.4) is 0 Å². The highest BCUT2D eigenvalue weighted by Gasteiger charge is 2.26. The molecule has 1 amide bonds. The van der Waals surface area contributed by atoms with Crippen LogP contribution in [-0.2, 0) is 11.3 Å². The van der Waals surface area contributed by atoms with Gasteiger partial charge in [-0.05, 0) is 72.6 Å². The number of rotatable bonds is 5. The van der Waals surface area contributed by atoms with Gasteiger partial charge in [0.25, 0.3) is 0 Å². The fourth-order valence-electron chi connectivity index (χ4n) is 5.55. The number of aromatic amines is 1. The van der Waals surface area contributed by atoms with Gasteiger partial charge in [-0.3, -0.25) is 9.88 Å². The number of benzene rings is 1. The smallest absolute Gasteiger partial charge is 0.410 e. The molecule has 6 rings (SSSR count). The fraction of sp³-hybridized carbons (Fsp3) is 0.419. The van der Waals surface area contributed by atoms with E-state index in [4.69, 9.17) is 9.72 Å². The lowest BCUT2D eigenvalue weighted by molar-refractivity contribution is 0.0240. The van der Waals surface area contributed by atoms with Crippen molar-refractivity contribution in [3.05, 3.63) is 65.0 Å². The molecule has 0 unspecified atom stereocenters. The van der Waals surface area contributed by atoms with Gasteiger partial charge in [0.05, 0.1) is 10.2 Å². The summed E-state index contributed by atoms with van der Waals surface area (Å²) < 4.78 is 6.50. The van der Waals surface area contributed by atoms with Crippen molar-refractivity contribution in [2.75, 3.05) is 62.2 Å². The largest absolute Gasteiger partial charge is 0.444 e. The first-order valence-corrected chi connectivity index (χ1v) is 15.3. The van der Waals surface area contributed by atoms with Gasteiger partial charge in [-0.25, -0.2) is 14.8 Å². The molecule has 2 fully saturated rings. The number of carbonyl (C=O) groups excluding carboxylic acids is 1. The number of amides is 1. The lowest BCUT2D eigenvalue weighted by Crippen LogP contribution is -2.50. The topological polar surface area (TPSA) is 93.7 Å². The summed E-state index contributed by atoms with van der Waals surface area (Å²) in [6.45, 7) is 13.2. The number of anilines is 2. The molecule has 4 aromatic rings. The number of halogens is 1. The molecule has 0 radical (unpaired) electrons. The molecule has 1 N–H and O–H groups in total. The number of carbonyl (C=O) groups is 1. The third-order valence-corrected chi connectivity index (χ3v) is 8.28. The Morgan fingerprint density at radius 1 is 0.952 bits per heavy atom. The van der Waals surface area contributed by atoms with Crippen LogP contribution in [0.15, 0.2) is 59.5 Å². The number of hydrogen-bond acceptors (Lipinski definition) is 8. The second-order valence-corrected chi connectivity index (χ2v) is 12.7. The van der Waals surface area contributed by atoms with Crippen molar-refractivity contribution >= 4 is 44.6 Å². The van der Waals surface area contributed by atoms with E-state index in [1.807, 2.05) is 45.4 Å². The average Bonchev–Trinajstić information content (AvgIpc) is 3.42. The molecule has 0 atom stereocenters. The van der Waals surface area contributed by atoms with Gasteiger partial charge in [-0.15, -0.1) is 0 Å². The number of imidazole rings is 1. The van der Waals surface area contributed by atoms with Gasteiger partial charge < -0.3 is 24.4 Å². The monoisotopic (exact) mass is 632 g/mol. The Hall–Kier alpha value is -3.70. The van der Waals surface area contributed by atoms with Crippen molar-refractivity contribution in [3.63, 3.8) is 0 Å². The molecule has 10 nitrogen and oxygen atoms in total. The van der Waals surface area contributed by atoms with Crippen molar-refractivity contribution in [1.82, 2.24) is 29.7 Å². The number of nitrogens with zero attached hydrogens (tertiary/aromatic N) is 7. The first-order valence-electron chi connectivity index (χ1n) is 14.5. The molecule has 2 aliphatic heterocycles. The molecule has 0 bridgehead atoms. The summed E-state index contributed by atoms with van der Waals surface area (Å²) in [4.78, 5) is 38.7. The van der Waals surface area contributed by atoms with Gasteiger partial charge in [0.2, 0.25) is 0 Å². The first kappa shape index (κ1) is 28.4. The number of fused-ring (bicyclic) bond motifs is 1. The summed E-state index contributed by atoms with van der Waals surface area (Å²) in [5, 5.41) is 0. The van der Waals surface area contributed by atoms with Crippen molar-refractivity contribution in [2.45, 2.75) is 32.9 Å². The van der Waals surface area contributed by atoms with Crippen LogP contribution in [-0.4, -0.2) is 93.8 Å². The molecule has 2 saturated heterocycles. The van der Waals surface area contributed by atoms with Crippen LogP contribution in [0.2, 0.25) is 0 Å². The molecule has 11 heteroatoms. The molecule has 0 aliphatic carbocycles. The van der Waals surface area contributed by atoms with Crippen LogP contribution in [0.25, 0.3) is 22.6 Å². The maximum absolute atomic E-state index is 12.4. The van der Waals surface area contributed by atoms with Crippen LogP contribution in [0.5, 0.6) is 0 Å². The van der Waals surface area contributed by atoms with Gasteiger partial charge in [-0.2, -0.15) is 0 Å². The van der Waals surface area contributed by atoms with Gasteiger partial charge in [0.1, 0.15) is 16.9 Å². The zero-order chi connectivity index (χ0) is 29.3. The Morgan fingerprint density at radius 2 is 1.67 bits per heavy atom. The van der Waals surface area contributed by atoms with Crippen molar-refractivity contribution in [1.29, 1.82) is 0 Å². The lowest BCUT2D eigenvalue weighted by atomic mass is 10.1. The summed E-state index contributed by atoms with van der Waals surface area (Å²) in [7, 11) is 0. The molecule has 42 heavy (non-hydrogen) atoms. The van der Waals surface area contributed by atoms with E-state index in [0.717, 1.165) is 78.6 Å². The predicted molar refractivity (Wildman–Crippen MR) is 169 cm³/mol. The van der Waals surface area contributed by atoms with Crippen LogP contribution in [0.4, 0.5) is 16.2 Å². The van der Waals surface area contributed by atoms with E-state index < -0.39 is 5.60 Å². The van der Waals surface area contributed by atoms with Crippen LogP contribution >= 0.6 is 15.9 Å². The third-order valence-electron chi connectivity index (χ3n) is 7.70. The Bertz CT molecular complexity index is 1520. The maximum Gasteiger partial charge on any atom is 0.410 e. The second-order valence-electron chi connectivity index (χ2n) is 11.9. The van der Waals surface area contributed by atoms with Crippen LogP contribution in [0.1, 0.15) is 26.3 Å². The zero-order valence-corrected chi connectivity index (χ0v) is 26.0. The Kier molecular flexibility index (Phi) is 8.04. The maximum atomic E-state index is 12.4. The van der Waals surface area contributed by atoms with E-state index in [1.165, 1.54) is 5.56 Å². The summed E-state index contributed by atoms with van der Waals surface area (Å²) in [5.41, 5.74) is 5.66. The first-order chi connectivity index (χ1) is 20.2. The number of hydrogen-bond donors (Lipinski definition) is 1. The SMILES string of the molecule is CC(C)(C)OC(=O)N1CCN(c2ccc(-c3nc4ncc(Br)c(N5CCN(Cc6cccnc6)CC5)c4[nH]3)cc2)CC1. The normalized spacial score (nSPS) is 16.7. The number of ether oxygens (including phenoxy) is 1. The van der Waals surface area contributed by atoms with Crippen molar-refractivity contribution < 1.29 is 9.53 Å². The van der Waals surface area contributed by atoms with E-state index in [2.05, 4.69) is 75.9 Å². The number of H-pyrrole nitrogens is 1. The van der Waals surface area contributed by atoms with E-state index in [1.54, 1.807) is 4.90 Å². The number of piperazine rings is 2. The Labute approximate surface area is 254 Å². The minimum absolute atomic E-state index is 0.242. The lowest BCUT2D eigenvalue weighted by Gasteiger charge is -2.36. The highest BCUT2D eigenvalue weighted by atomic mass is 79.9. The van der Waals surface area contributed by atoms with Crippen LogP contribution in [0, 0.1) is 0 Å². The van der Waals surface area contributed by atoms with E-state index in [-0.39, 0.29) is 6.09 Å². The molecular formula is C31H37BrN8O2. The van der Waals surface area contributed by atoms with Gasteiger partial charge in [0, 0.05) is 88.7 Å². The summed E-state index contributed by atoms with van der Waals surface area (Å²) in [6, 6.07) is 12.6. The minimum atomic E-state index is -0.483. The van der Waals surface area contributed by atoms with E-state index in [0.29, 0.717) is 18.7 Å². The highest BCUT2D eigenvalue weighted by molar-refractivity contribution is 9.10. The molecule has 5 heterocycles. The molecule has 2 aliphatic rings.